The van der Waals surface area contributed by atoms with Crippen molar-refractivity contribution < 1.29 is 9.21 Å². The first kappa shape index (κ1) is 18.5. The Kier molecular flexibility index (Phi) is 5.61. The number of anilines is 1. The normalized spacial score (nSPS) is 10.4. The van der Waals surface area contributed by atoms with Gasteiger partial charge in [0, 0.05) is 11.3 Å². The molecule has 0 unspecified atom stereocenters. The van der Waals surface area contributed by atoms with Gasteiger partial charge in [0.15, 0.2) is 10.9 Å². The number of amides is 1. The molecule has 7 heteroatoms. The number of aryl methyl sites for hydroxylation is 1. The summed E-state index contributed by atoms with van der Waals surface area (Å²) in [6, 6.07) is 16.1. The van der Waals surface area contributed by atoms with Crippen LogP contribution in [-0.4, -0.2) is 11.0 Å². The van der Waals surface area contributed by atoms with Crippen molar-refractivity contribution in [1.29, 1.82) is 0 Å². The zero-order valence-electron chi connectivity index (χ0n) is 13.7. The molecule has 0 bridgehead atoms. The molecular formula is C19H14Cl2N2O2S. The topological polar surface area (TPSA) is 54.3 Å². The van der Waals surface area contributed by atoms with E-state index in [0.29, 0.717) is 21.4 Å². The van der Waals surface area contributed by atoms with E-state index in [0.717, 1.165) is 11.3 Å². The number of hydrogen-bond acceptors (Lipinski definition) is 3. The fourth-order valence-corrected chi connectivity index (χ4v) is 2.95. The van der Waals surface area contributed by atoms with Gasteiger partial charge in [-0.15, -0.1) is 0 Å². The van der Waals surface area contributed by atoms with Gasteiger partial charge in [0.1, 0.15) is 5.76 Å². The second kappa shape index (κ2) is 7.91. The Morgan fingerprint density at radius 3 is 2.62 bits per heavy atom. The predicted octanol–water partition coefficient (Wildman–Crippen LogP) is 5.69. The predicted molar refractivity (Wildman–Crippen MR) is 109 cm³/mol. The van der Waals surface area contributed by atoms with Crippen molar-refractivity contribution in [2.45, 2.75) is 6.92 Å². The van der Waals surface area contributed by atoms with Crippen LogP contribution >= 0.6 is 35.4 Å². The standard InChI is InChI=1S/C19H14Cl2N2O2S/c1-11-4-2-5-12(10-11)22-19(26)23-18(24)16-9-8-15(25-16)13-6-3-7-14(20)17(13)21/h2-10H,1H3,(H2,22,23,24,26). The number of carbonyl (C=O) groups is 1. The van der Waals surface area contributed by atoms with Crippen LogP contribution < -0.4 is 10.6 Å². The molecule has 0 saturated carbocycles. The molecular weight excluding hydrogens is 391 g/mol. The van der Waals surface area contributed by atoms with E-state index in [-0.39, 0.29) is 10.9 Å². The van der Waals surface area contributed by atoms with Gasteiger partial charge in [-0.2, -0.15) is 0 Å². The summed E-state index contributed by atoms with van der Waals surface area (Å²) in [4.78, 5) is 12.3. The summed E-state index contributed by atoms with van der Waals surface area (Å²) in [6.45, 7) is 1.97. The van der Waals surface area contributed by atoms with Gasteiger partial charge in [0.2, 0.25) is 0 Å². The van der Waals surface area contributed by atoms with Gasteiger partial charge < -0.3 is 9.73 Å². The third-order valence-electron chi connectivity index (χ3n) is 3.55. The lowest BCUT2D eigenvalue weighted by molar-refractivity contribution is 0.0951. The first-order valence-corrected chi connectivity index (χ1v) is 8.83. The van der Waals surface area contributed by atoms with Crippen LogP contribution in [0.4, 0.5) is 5.69 Å². The average Bonchev–Trinajstić information content (AvgIpc) is 3.07. The summed E-state index contributed by atoms with van der Waals surface area (Å²) in [5.41, 5.74) is 2.48. The molecule has 3 rings (SSSR count). The fraction of sp³-hybridized carbons (Fsp3) is 0.0526. The highest BCUT2D eigenvalue weighted by molar-refractivity contribution is 7.80. The molecule has 132 valence electrons. The summed E-state index contributed by atoms with van der Waals surface area (Å²) in [7, 11) is 0. The molecule has 0 aliphatic heterocycles. The van der Waals surface area contributed by atoms with E-state index in [1.54, 1.807) is 30.3 Å². The lowest BCUT2D eigenvalue weighted by Crippen LogP contribution is -2.33. The first-order valence-electron chi connectivity index (χ1n) is 7.67. The largest absolute Gasteiger partial charge is 0.451 e. The van der Waals surface area contributed by atoms with Crippen molar-refractivity contribution in [2.24, 2.45) is 0 Å². The third kappa shape index (κ3) is 4.25. The number of thiocarbonyl (C=S) groups is 1. The second-order valence-electron chi connectivity index (χ2n) is 5.54. The first-order chi connectivity index (χ1) is 12.4. The molecule has 1 heterocycles. The summed E-state index contributed by atoms with van der Waals surface area (Å²) < 4.78 is 5.59. The number of hydrogen-bond donors (Lipinski definition) is 2. The number of benzene rings is 2. The van der Waals surface area contributed by atoms with Crippen LogP contribution in [0.5, 0.6) is 0 Å². The summed E-state index contributed by atoms with van der Waals surface area (Å²) in [6.07, 6.45) is 0. The smallest absolute Gasteiger partial charge is 0.293 e. The molecule has 3 aromatic rings. The van der Waals surface area contributed by atoms with Crippen LogP contribution in [0.15, 0.2) is 59.0 Å². The molecule has 4 nitrogen and oxygen atoms in total. The summed E-state index contributed by atoms with van der Waals surface area (Å²) in [5.74, 6) is 0.101. The molecule has 26 heavy (non-hydrogen) atoms. The molecule has 2 aromatic carbocycles. The fourth-order valence-electron chi connectivity index (χ4n) is 2.35. The summed E-state index contributed by atoms with van der Waals surface area (Å²) in [5, 5.41) is 6.50. The second-order valence-corrected chi connectivity index (χ2v) is 6.74. The lowest BCUT2D eigenvalue weighted by atomic mass is 10.2. The van der Waals surface area contributed by atoms with Crippen LogP contribution in [0, 0.1) is 6.92 Å². The molecule has 1 amide bonds. The van der Waals surface area contributed by atoms with Crippen LogP contribution in [0.2, 0.25) is 10.0 Å². The monoisotopic (exact) mass is 404 g/mol. The van der Waals surface area contributed by atoms with E-state index in [1.165, 1.54) is 0 Å². The van der Waals surface area contributed by atoms with Crippen LogP contribution in [0.1, 0.15) is 16.1 Å². The zero-order valence-corrected chi connectivity index (χ0v) is 16.0. The van der Waals surface area contributed by atoms with E-state index in [9.17, 15) is 4.79 Å². The minimum Gasteiger partial charge on any atom is -0.451 e. The highest BCUT2D eigenvalue weighted by atomic mass is 35.5. The van der Waals surface area contributed by atoms with Gasteiger partial charge in [0.05, 0.1) is 10.0 Å². The number of halogens is 2. The maximum absolute atomic E-state index is 12.3. The van der Waals surface area contributed by atoms with Gasteiger partial charge in [0.25, 0.3) is 5.91 Å². The Hall–Kier alpha value is -2.34. The number of nitrogens with one attached hydrogen (secondary N) is 2. The van der Waals surface area contributed by atoms with Gasteiger partial charge in [-0.1, -0.05) is 41.4 Å². The van der Waals surface area contributed by atoms with Crippen molar-refractivity contribution in [3.05, 3.63) is 76.0 Å². The van der Waals surface area contributed by atoms with Crippen molar-refractivity contribution in [3.8, 4) is 11.3 Å². The SMILES string of the molecule is Cc1cccc(NC(=S)NC(=O)c2ccc(-c3cccc(Cl)c3Cl)o2)c1. The highest BCUT2D eigenvalue weighted by Crippen LogP contribution is 2.34. The lowest BCUT2D eigenvalue weighted by Gasteiger charge is -2.09. The van der Waals surface area contributed by atoms with Crippen LogP contribution in [0.3, 0.4) is 0 Å². The maximum atomic E-state index is 12.3. The quantitative estimate of drug-likeness (QED) is 0.550. The van der Waals surface area contributed by atoms with Gasteiger partial charge >= 0.3 is 0 Å². The van der Waals surface area contributed by atoms with Crippen LogP contribution in [-0.2, 0) is 0 Å². The maximum Gasteiger partial charge on any atom is 0.293 e. The minimum atomic E-state index is -0.459. The molecule has 1 aromatic heterocycles. The molecule has 0 radical (unpaired) electrons. The highest BCUT2D eigenvalue weighted by Gasteiger charge is 2.16. The Morgan fingerprint density at radius 1 is 1.08 bits per heavy atom. The van der Waals surface area contributed by atoms with Crippen LogP contribution in [0.25, 0.3) is 11.3 Å². The van der Waals surface area contributed by atoms with Crippen molar-refractivity contribution >= 4 is 52.1 Å². The Morgan fingerprint density at radius 2 is 1.85 bits per heavy atom. The van der Waals surface area contributed by atoms with Crippen molar-refractivity contribution in [1.82, 2.24) is 5.32 Å². The Labute approximate surface area is 166 Å². The molecule has 0 aliphatic carbocycles. The molecule has 0 saturated heterocycles. The zero-order chi connectivity index (χ0) is 18.7. The van der Waals surface area contributed by atoms with E-state index >= 15 is 0 Å². The number of rotatable bonds is 3. The van der Waals surface area contributed by atoms with E-state index in [2.05, 4.69) is 10.6 Å². The average molecular weight is 405 g/mol. The molecule has 0 aliphatic rings. The molecule has 0 spiro atoms. The number of furan rings is 1. The molecule has 0 fully saturated rings. The Bertz CT molecular complexity index is 985. The van der Waals surface area contributed by atoms with Gasteiger partial charge in [-0.25, -0.2) is 0 Å². The molecule has 2 N–H and O–H groups in total. The van der Waals surface area contributed by atoms with E-state index in [1.807, 2.05) is 31.2 Å². The van der Waals surface area contributed by atoms with Crippen molar-refractivity contribution in [3.63, 3.8) is 0 Å². The van der Waals surface area contributed by atoms with Gasteiger partial charge in [-0.3, -0.25) is 10.1 Å². The third-order valence-corrected chi connectivity index (χ3v) is 4.57. The minimum absolute atomic E-state index is 0.115. The van der Waals surface area contributed by atoms with E-state index in [4.69, 9.17) is 39.8 Å². The molecule has 0 atom stereocenters. The van der Waals surface area contributed by atoms with Gasteiger partial charge in [-0.05, 0) is 61.1 Å². The number of carbonyl (C=O) groups excluding carboxylic acids is 1. The van der Waals surface area contributed by atoms with Crippen molar-refractivity contribution in [2.75, 3.05) is 5.32 Å². The van der Waals surface area contributed by atoms with E-state index < -0.39 is 5.91 Å². The summed E-state index contributed by atoms with van der Waals surface area (Å²) >= 11 is 17.4. The Balaban J connectivity index is 1.70.